The SMILES string of the molecule is CS(=O)CCNC(=O)N1CC(C(=O)O)Oc2ccccc21. The second kappa shape index (κ2) is 6.57. The van der Waals surface area contributed by atoms with E-state index in [2.05, 4.69) is 5.32 Å². The van der Waals surface area contributed by atoms with Crippen LogP contribution < -0.4 is 15.0 Å². The molecule has 7 nitrogen and oxygen atoms in total. The zero-order valence-corrected chi connectivity index (χ0v) is 12.3. The zero-order valence-electron chi connectivity index (χ0n) is 11.4. The molecule has 2 N–H and O–H groups in total. The molecular formula is C13H16N2O5S. The molecule has 1 aromatic carbocycles. The number of fused-ring (bicyclic) bond motifs is 1. The molecule has 0 fully saturated rings. The Bertz CT molecular complexity index is 577. The van der Waals surface area contributed by atoms with Crippen molar-refractivity contribution >= 4 is 28.5 Å². The monoisotopic (exact) mass is 312 g/mol. The van der Waals surface area contributed by atoms with E-state index in [0.717, 1.165) is 0 Å². The summed E-state index contributed by atoms with van der Waals surface area (Å²) in [4.78, 5) is 24.6. The molecule has 0 radical (unpaired) electrons. The van der Waals surface area contributed by atoms with Gasteiger partial charge in [0.25, 0.3) is 0 Å². The van der Waals surface area contributed by atoms with Crippen LogP contribution in [0.1, 0.15) is 0 Å². The fourth-order valence-electron chi connectivity index (χ4n) is 1.95. The van der Waals surface area contributed by atoms with E-state index in [1.807, 2.05) is 0 Å². The van der Waals surface area contributed by atoms with Gasteiger partial charge in [0.1, 0.15) is 5.75 Å². The minimum atomic E-state index is -1.13. The number of nitrogens with one attached hydrogen (secondary N) is 1. The molecule has 0 bridgehead atoms. The van der Waals surface area contributed by atoms with E-state index in [9.17, 15) is 13.8 Å². The Morgan fingerprint density at radius 3 is 2.86 bits per heavy atom. The van der Waals surface area contributed by atoms with Gasteiger partial charge in [-0.25, -0.2) is 9.59 Å². The lowest BCUT2D eigenvalue weighted by Crippen LogP contribution is -2.51. The summed E-state index contributed by atoms with van der Waals surface area (Å²) in [6, 6.07) is 6.32. The molecule has 1 aliphatic rings. The molecule has 2 atom stereocenters. The number of anilines is 1. The van der Waals surface area contributed by atoms with Crippen LogP contribution in [0.5, 0.6) is 5.75 Å². The highest BCUT2D eigenvalue weighted by molar-refractivity contribution is 7.84. The molecule has 1 aliphatic heterocycles. The number of nitrogens with zero attached hydrogens (tertiary/aromatic N) is 1. The van der Waals surface area contributed by atoms with Crippen molar-refractivity contribution in [1.29, 1.82) is 0 Å². The molecule has 0 aromatic heterocycles. The van der Waals surface area contributed by atoms with Gasteiger partial charge in [0, 0.05) is 29.4 Å². The number of hydrogen-bond donors (Lipinski definition) is 2. The van der Waals surface area contributed by atoms with E-state index in [4.69, 9.17) is 9.84 Å². The van der Waals surface area contributed by atoms with Crippen LogP contribution in [-0.2, 0) is 15.6 Å². The Balaban J connectivity index is 2.15. The van der Waals surface area contributed by atoms with Crippen molar-refractivity contribution in [3.05, 3.63) is 24.3 Å². The lowest BCUT2D eigenvalue weighted by molar-refractivity contribution is -0.144. The summed E-state index contributed by atoms with van der Waals surface area (Å²) in [6.07, 6.45) is 0.447. The highest BCUT2D eigenvalue weighted by atomic mass is 32.2. The summed E-state index contributed by atoms with van der Waals surface area (Å²) >= 11 is 0. The molecule has 0 saturated heterocycles. The smallest absolute Gasteiger partial charge is 0.346 e. The van der Waals surface area contributed by atoms with Gasteiger partial charge in [-0.1, -0.05) is 12.1 Å². The highest BCUT2D eigenvalue weighted by Crippen LogP contribution is 2.33. The number of carbonyl (C=O) groups excluding carboxylic acids is 1. The van der Waals surface area contributed by atoms with Crippen LogP contribution in [0.2, 0.25) is 0 Å². The Labute approximate surface area is 124 Å². The molecule has 1 heterocycles. The number of amides is 2. The summed E-state index contributed by atoms with van der Waals surface area (Å²) in [7, 11) is -0.998. The largest absolute Gasteiger partial charge is 0.478 e. The fourth-order valence-corrected chi connectivity index (χ4v) is 2.34. The van der Waals surface area contributed by atoms with Gasteiger partial charge in [0.05, 0.1) is 12.2 Å². The molecule has 2 unspecified atom stereocenters. The second-order valence-corrected chi connectivity index (χ2v) is 6.09. The maximum absolute atomic E-state index is 12.2. The molecule has 21 heavy (non-hydrogen) atoms. The third-order valence-electron chi connectivity index (χ3n) is 2.96. The van der Waals surface area contributed by atoms with Gasteiger partial charge in [0.15, 0.2) is 0 Å². The summed E-state index contributed by atoms with van der Waals surface area (Å²) in [5.74, 6) is -0.428. The van der Waals surface area contributed by atoms with Gasteiger partial charge in [-0.2, -0.15) is 0 Å². The van der Waals surface area contributed by atoms with Crippen molar-refractivity contribution in [1.82, 2.24) is 5.32 Å². The molecule has 2 rings (SSSR count). The normalized spacial score (nSPS) is 18.3. The average Bonchev–Trinajstić information content (AvgIpc) is 2.45. The van der Waals surface area contributed by atoms with Crippen LogP contribution >= 0.6 is 0 Å². The molecule has 1 aromatic rings. The van der Waals surface area contributed by atoms with Crippen LogP contribution in [0, 0.1) is 0 Å². The van der Waals surface area contributed by atoms with Crippen molar-refractivity contribution in [3.63, 3.8) is 0 Å². The first kappa shape index (κ1) is 15.3. The highest BCUT2D eigenvalue weighted by Gasteiger charge is 2.33. The average molecular weight is 312 g/mol. The van der Waals surface area contributed by atoms with Gasteiger partial charge in [-0.05, 0) is 12.1 Å². The molecule has 0 spiro atoms. The molecule has 0 aliphatic carbocycles. The Hall–Kier alpha value is -2.09. The van der Waals surface area contributed by atoms with Crippen molar-refractivity contribution in [2.75, 3.05) is 30.0 Å². The van der Waals surface area contributed by atoms with Gasteiger partial charge in [-0.3, -0.25) is 9.11 Å². The summed E-state index contributed by atoms with van der Waals surface area (Å²) in [5.41, 5.74) is 0.519. The van der Waals surface area contributed by atoms with Crippen molar-refractivity contribution in [2.45, 2.75) is 6.10 Å². The Morgan fingerprint density at radius 2 is 2.19 bits per heavy atom. The number of rotatable bonds is 4. The van der Waals surface area contributed by atoms with E-state index in [1.165, 1.54) is 4.90 Å². The molecule has 0 saturated carbocycles. The topological polar surface area (TPSA) is 95.9 Å². The van der Waals surface area contributed by atoms with Crippen LogP contribution in [0.15, 0.2) is 24.3 Å². The molecule has 114 valence electrons. The lowest BCUT2D eigenvalue weighted by Gasteiger charge is -2.32. The van der Waals surface area contributed by atoms with Gasteiger partial charge in [-0.15, -0.1) is 0 Å². The first-order valence-corrected chi connectivity index (χ1v) is 8.05. The quantitative estimate of drug-likeness (QED) is 0.840. The van der Waals surface area contributed by atoms with E-state index in [0.29, 0.717) is 17.2 Å². The maximum Gasteiger partial charge on any atom is 0.346 e. The predicted molar refractivity (Wildman–Crippen MR) is 78.2 cm³/mol. The number of carboxylic acid groups (broad SMARTS) is 1. The number of aliphatic carboxylic acids is 1. The molecular weight excluding hydrogens is 296 g/mol. The number of carboxylic acids is 1. The van der Waals surface area contributed by atoms with Gasteiger partial charge < -0.3 is 15.2 Å². The summed E-state index contributed by atoms with van der Waals surface area (Å²) < 4.78 is 16.3. The number of ether oxygens (including phenoxy) is 1. The Morgan fingerprint density at radius 1 is 1.48 bits per heavy atom. The van der Waals surface area contributed by atoms with Crippen LogP contribution in [0.4, 0.5) is 10.5 Å². The van der Waals surface area contributed by atoms with Crippen LogP contribution in [0.25, 0.3) is 0 Å². The molecule has 2 amide bonds. The van der Waals surface area contributed by atoms with Gasteiger partial charge >= 0.3 is 12.0 Å². The summed E-state index contributed by atoms with van der Waals surface area (Å²) in [5, 5.41) is 11.7. The predicted octanol–water partition coefficient (Wildman–Crippen LogP) is 0.427. The first-order chi connectivity index (χ1) is 9.99. The number of hydrogen-bond acceptors (Lipinski definition) is 4. The van der Waals surface area contributed by atoms with Crippen LogP contribution in [0.3, 0.4) is 0 Å². The first-order valence-electron chi connectivity index (χ1n) is 6.33. The second-order valence-electron chi connectivity index (χ2n) is 4.53. The number of para-hydroxylation sites is 2. The van der Waals surface area contributed by atoms with Crippen LogP contribution in [-0.4, -0.2) is 52.5 Å². The molecule has 8 heteroatoms. The number of urea groups is 1. The number of benzene rings is 1. The minimum Gasteiger partial charge on any atom is -0.478 e. The zero-order chi connectivity index (χ0) is 15.4. The third kappa shape index (κ3) is 3.72. The van der Waals surface area contributed by atoms with E-state index in [1.54, 1.807) is 30.5 Å². The van der Waals surface area contributed by atoms with E-state index in [-0.39, 0.29) is 13.1 Å². The van der Waals surface area contributed by atoms with Gasteiger partial charge in [0.2, 0.25) is 6.10 Å². The van der Waals surface area contributed by atoms with Crippen molar-refractivity contribution < 1.29 is 23.6 Å². The fraction of sp³-hybridized carbons (Fsp3) is 0.385. The lowest BCUT2D eigenvalue weighted by atomic mass is 10.2. The third-order valence-corrected chi connectivity index (χ3v) is 3.74. The minimum absolute atomic E-state index is 0.0760. The number of carbonyl (C=O) groups is 2. The maximum atomic E-state index is 12.2. The Kier molecular flexibility index (Phi) is 4.79. The van der Waals surface area contributed by atoms with E-state index < -0.39 is 28.9 Å². The van der Waals surface area contributed by atoms with E-state index >= 15 is 0 Å². The van der Waals surface area contributed by atoms with Crippen molar-refractivity contribution in [3.8, 4) is 5.75 Å². The van der Waals surface area contributed by atoms with Crippen molar-refractivity contribution in [2.24, 2.45) is 0 Å². The summed E-state index contributed by atoms with van der Waals surface area (Å²) in [6.45, 7) is 0.187. The standard InChI is InChI=1S/C13H16N2O5S/c1-21(19)7-6-14-13(18)15-8-11(12(16)17)20-10-5-3-2-4-9(10)15/h2-5,11H,6-8H2,1H3,(H,14,18)(H,16,17).